The van der Waals surface area contributed by atoms with Gasteiger partial charge in [-0.1, -0.05) is 18.2 Å². The van der Waals surface area contributed by atoms with E-state index in [4.69, 9.17) is 0 Å². The third kappa shape index (κ3) is 2.42. The van der Waals surface area contributed by atoms with E-state index in [9.17, 15) is 0 Å². The topological polar surface area (TPSA) is 27.8 Å². The Bertz CT molecular complexity index is 641. The van der Waals surface area contributed by atoms with Crippen LogP contribution in [0.15, 0.2) is 30.5 Å². The van der Waals surface area contributed by atoms with Gasteiger partial charge < -0.3 is 10.3 Å². The zero-order chi connectivity index (χ0) is 14.2. The number of hydrogen-bond acceptors (Lipinski definition) is 1. The molecule has 1 aliphatic carbocycles. The zero-order valence-electron chi connectivity index (χ0n) is 12.8. The first kappa shape index (κ1) is 13.1. The van der Waals surface area contributed by atoms with Gasteiger partial charge in [-0.05, 0) is 79.8 Å². The first-order valence-corrected chi connectivity index (χ1v) is 8.30. The minimum absolute atomic E-state index is 0.518. The average Bonchev–Trinajstić information content (AvgIpc) is 3.15. The SMILES string of the molecule is Cc1[nH]ccc1C1CCNC(c2ccc3c(c2)CCC3)C1. The summed E-state index contributed by atoms with van der Waals surface area (Å²) in [5.41, 5.74) is 7.52. The number of aryl methyl sites for hydroxylation is 3. The predicted molar refractivity (Wildman–Crippen MR) is 86.7 cm³/mol. The second-order valence-corrected chi connectivity index (χ2v) is 6.67. The van der Waals surface area contributed by atoms with Crippen molar-refractivity contribution >= 4 is 0 Å². The molecule has 2 aliphatic rings. The lowest BCUT2D eigenvalue weighted by atomic mass is 9.83. The third-order valence-electron chi connectivity index (χ3n) is 5.36. The van der Waals surface area contributed by atoms with E-state index >= 15 is 0 Å². The van der Waals surface area contributed by atoms with Crippen LogP contribution in [0.2, 0.25) is 0 Å². The van der Waals surface area contributed by atoms with Crippen LogP contribution in [0.3, 0.4) is 0 Å². The molecular formula is C19H24N2. The highest BCUT2D eigenvalue weighted by Gasteiger charge is 2.26. The van der Waals surface area contributed by atoms with Gasteiger partial charge in [0.2, 0.25) is 0 Å². The van der Waals surface area contributed by atoms with Crippen LogP contribution in [0.1, 0.15) is 59.2 Å². The summed E-state index contributed by atoms with van der Waals surface area (Å²) in [6, 6.07) is 9.97. The van der Waals surface area contributed by atoms with E-state index in [1.807, 2.05) is 0 Å². The lowest BCUT2D eigenvalue weighted by Crippen LogP contribution is -2.31. The molecule has 2 unspecified atom stereocenters. The Labute approximate surface area is 127 Å². The molecule has 1 aromatic heterocycles. The van der Waals surface area contributed by atoms with Crippen LogP contribution in [0.25, 0.3) is 0 Å². The molecule has 2 N–H and O–H groups in total. The molecule has 4 rings (SSSR count). The van der Waals surface area contributed by atoms with Crippen LogP contribution in [0.4, 0.5) is 0 Å². The fraction of sp³-hybridized carbons (Fsp3) is 0.474. The van der Waals surface area contributed by atoms with Gasteiger partial charge in [0.25, 0.3) is 0 Å². The maximum absolute atomic E-state index is 3.73. The summed E-state index contributed by atoms with van der Waals surface area (Å²) >= 11 is 0. The van der Waals surface area contributed by atoms with E-state index in [0.717, 1.165) is 6.54 Å². The molecule has 2 nitrogen and oxygen atoms in total. The van der Waals surface area contributed by atoms with E-state index < -0.39 is 0 Å². The molecule has 1 aromatic carbocycles. The van der Waals surface area contributed by atoms with Crippen LogP contribution >= 0.6 is 0 Å². The number of hydrogen-bond donors (Lipinski definition) is 2. The second kappa shape index (κ2) is 5.34. The van der Waals surface area contributed by atoms with Gasteiger partial charge >= 0.3 is 0 Å². The molecule has 0 amide bonds. The molecule has 2 atom stereocenters. The van der Waals surface area contributed by atoms with Crippen molar-refractivity contribution in [1.29, 1.82) is 0 Å². The van der Waals surface area contributed by atoms with Gasteiger partial charge in [0.15, 0.2) is 0 Å². The molecule has 0 saturated carbocycles. The van der Waals surface area contributed by atoms with Crippen molar-refractivity contribution in [3.63, 3.8) is 0 Å². The molecule has 2 aromatic rings. The summed E-state index contributed by atoms with van der Waals surface area (Å²) in [5.74, 6) is 0.691. The largest absolute Gasteiger partial charge is 0.365 e. The Balaban J connectivity index is 1.57. The van der Waals surface area contributed by atoms with Gasteiger partial charge in [-0.15, -0.1) is 0 Å². The van der Waals surface area contributed by atoms with Crippen molar-refractivity contribution in [3.8, 4) is 0 Å². The van der Waals surface area contributed by atoms with Crippen molar-refractivity contribution in [2.45, 2.75) is 51.0 Å². The highest BCUT2D eigenvalue weighted by atomic mass is 14.9. The maximum atomic E-state index is 3.73. The van der Waals surface area contributed by atoms with E-state index in [1.54, 1.807) is 11.1 Å². The summed E-state index contributed by atoms with van der Waals surface area (Å²) in [6.45, 7) is 3.32. The van der Waals surface area contributed by atoms with Crippen LogP contribution in [-0.2, 0) is 12.8 Å². The summed E-state index contributed by atoms with van der Waals surface area (Å²) < 4.78 is 0. The number of H-pyrrole nitrogens is 1. The molecule has 1 fully saturated rings. The number of nitrogens with one attached hydrogen (secondary N) is 2. The van der Waals surface area contributed by atoms with E-state index in [2.05, 4.69) is 47.7 Å². The lowest BCUT2D eigenvalue weighted by Gasteiger charge is -2.31. The molecule has 1 saturated heterocycles. The quantitative estimate of drug-likeness (QED) is 0.854. The molecule has 2 heteroatoms. The number of benzene rings is 1. The Morgan fingerprint density at radius 1 is 1.10 bits per heavy atom. The number of fused-ring (bicyclic) bond motifs is 1. The van der Waals surface area contributed by atoms with Crippen LogP contribution in [-0.4, -0.2) is 11.5 Å². The van der Waals surface area contributed by atoms with Crippen LogP contribution < -0.4 is 5.32 Å². The minimum Gasteiger partial charge on any atom is -0.365 e. The second-order valence-electron chi connectivity index (χ2n) is 6.67. The Morgan fingerprint density at radius 2 is 2.00 bits per heavy atom. The summed E-state index contributed by atoms with van der Waals surface area (Å²) in [6.07, 6.45) is 8.44. The van der Waals surface area contributed by atoms with Gasteiger partial charge in [-0.2, -0.15) is 0 Å². The van der Waals surface area contributed by atoms with Crippen molar-refractivity contribution in [2.24, 2.45) is 0 Å². The van der Waals surface area contributed by atoms with Crippen LogP contribution in [0, 0.1) is 6.92 Å². The molecule has 110 valence electrons. The highest BCUT2D eigenvalue weighted by Crippen LogP contribution is 2.36. The average molecular weight is 280 g/mol. The molecular weight excluding hydrogens is 256 g/mol. The Kier molecular flexibility index (Phi) is 3.34. The number of piperidine rings is 1. The maximum Gasteiger partial charge on any atom is 0.0326 e. The van der Waals surface area contributed by atoms with E-state index in [-0.39, 0.29) is 0 Å². The van der Waals surface area contributed by atoms with Gasteiger partial charge in [-0.25, -0.2) is 0 Å². The smallest absolute Gasteiger partial charge is 0.0326 e. The Hall–Kier alpha value is -1.54. The molecule has 0 spiro atoms. The summed E-state index contributed by atoms with van der Waals surface area (Å²) in [4.78, 5) is 3.33. The normalized spacial score (nSPS) is 25.0. The summed E-state index contributed by atoms with van der Waals surface area (Å²) in [5, 5.41) is 3.73. The van der Waals surface area contributed by atoms with Crippen molar-refractivity contribution in [2.75, 3.05) is 6.54 Å². The summed E-state index contributed by atoms with van der Waals surface area (Å²) in [7, 11) is 0. The van der Waals surface area contributed by atoms with Crippen LogP contribution in [0.5, 0.6) is 0 Å². The number of aromatic amines is 1. The van der Waals surface area contributed by atoms with Crippen molar-refractivity contribution < 1.29 is 0 Å². The molecule has 0 bridgehead atoms. The van der Waals surface area contributed by atoms with Gasteiger partial charge in [0.1, 0.15) is 0 Å². The van der Waals surface area contributed by atoms with Gasteiger partial charge in [0.05, 0.1) is 0 Å². The third-order valence-corrected chi connectivity index (χ3v) is 5.36. The van der Waals surface area contributed by atoms with E-state index in [0.29, 0.717) is 12.0 Å². The van der Waals surface area contributed by atoms with E-state index in [1.165, 1.54) is 48.9 Å². The van der Waals surface area contributed by atoms with Crippen molar-refractivity contribution in [3.05, 3.63) is 58.4 Å². The minimum atomic E-state index is 0.518. The molecule has 1 aliphatic heterocycles. The molecule has 2 heterocycles. The van der Waals surface area contributed by atoms with Crippen molar-refractivity contribution in [1.82, 2.24) is 10.3 Å². The number of rotatable bonds is 2. The fourth-order valence-corrected chi connectivity index (χ4v) is 4.17. The first-order chi connectivity index (χ1) is 10.3. The highest BCUT2D eigenvalue weighted by molar-refractivity contribution is 5.37. The standard InChI is InChI=1S/C19H24N2/c1-13-18(8-10-20-13)16-7-9-21-19(12-16)17-6-5-14-3-2-4-15(14)11-17/h5-6,8,10-11,16,19-21H,2-4,7,9,12H2,1H3. The number of aromatic nitrogens is 1. The lowest BCUT2D eigenvalue weighted by molar-refractivity contribution is 0.369. The van der Waals surface area contributed by atoms with Gasteiger partial charge in [-0.3, -0.25) is 0 Å². The molecule has 21 heavy (non-hydrogen) atoms. The predicted octanol–water partition coefficient (Wildman–Crippen LogP) is 4.02. The monoisotopic (exact) mass is 280 g/mol. The Morgan fingerprint density at radius 3 is 2.86 bits per heavy atom. The molecule has 0 radical (unpaired) electrons. The zero-order valence-corrected chi connectivity index (χ0v) is 12.8. The first-order valence-electron chi connectivity index (χ1n) is 8.30. The fourth-order valence-electron chi connectivity index (χ4n) is 4.17. The van der Waals surface area contributed by atoms with Gasteiger partial charge in [0, 0.05) is 17.9 Å².